The maximum atomic E-state index is 12.6. The van der Waals surface area contributed by atoms with Gasteiger partial charge in [0.05, 0.1) is 12.7 Å². The Morgan fingerprint density at radius 3 is 2.63 bits per heavy atom. The SMILES string of the molecule is COc1ccccc1C(=O)N1CC2CNCC(C2)C1. The smallest absolute Gasteiger partial charge is 0.257 e. The Morgan fingerprint density at radius 2 is 1.95 bits per heavy atom. The Balaban J connectivity index is 1.80. The summed E-state index contributed by atoms with van der Waals surface area (Å²) >= 11 is 0. The molecular weight excluding hydrogens is 240 g/mol. The third kappa shape index (κ3) is 2.45. The topological polar surface area (TPSA) is 41.6 Å². The maximum absolute atomic E-state index is 12.6. The van der Waals surface area contributed by atoms with Gasteiger partial charge in [-0.2, -0.15) is 0 Å². The maximum Gasteiger partial charge on any atom is 0.257 e. The molecule has 2 bridgehead atoms. The molecular formula is C15H20N2O2. The van der Waals surface area contributed by atoms with Crippen molar-refractivity contribution in [1.29, 1.82) is 0 Å². The first-order chi connectivity index (χ1) is 9.28. The highest BCUT2D eigenvalue weighted by Crippen LogP contribution is 2.27. The fourth-order valence-corrected chi connectivity index (χ4v) is 3.26. The summed E-state index contributed by atoms with van der Waals surface area (Å²) in [6.45, 7) is 3.79. The minimum atomic E-state index is 0.106. The Kier molecular flexibility index (Phi) is 3.42. The van der Waals surface area contributed by atoms with Crippen molar-refractivity contribution in [3.63, 3.8) is 0 Å². The molecule has 2 heterocycles. The molecule has 0 aromatic heterocycles. The van der Waals surface area contributed by atoms with Gasteiger partial charge in [-0.05, 0) is 43.5 Å². The van der Waals surface area contributed by atoms with E-state index < -0.39 is 0 Å². The van der Waals surface area contributed by atoms with Crippen molar-refractivity contribution in [3.05, 3.63) is 29.8 Å². The van der Waals surface area contributed by atoms with Crippen molar-refractivity contribution in [2.75, 3.05) is 33.3 Å². The molecule has 1 aromatic rings. The number of hydrogen-bond acceptors (Lipinski definition) is 3. The zero-order valence-corrected chi connectivity index (χ0v) is 11.3. The van der Waals surface area contributed by atoms with Gasteiger partial charge in [0, 0.05) is 13.1 Å². The minimum absolute atomic E-state index is 0.106. The van der Waals surface area contributed by atoms with E-state index in [-0.39, 0.29) is 5.91 Å². The normalized spacial score (nSPS) is 26.1. The van der Waals surface area contributed by atoms with Gasteiger partial charge in [-0.1, -0.05) is 12.1 Å². The quantitative estimate of drug-likeness (QED) is 0.873. The molecule has 4 nitrogen and oxygen atoms in total. The van der Waals surface area contributed by atoms with Gasteiger partial charge < -0.3 is 15.0 Å². The van der Waals surface area contributed by atoms with Crippen LogP contribution in [0.15, 0.2) is 24.3 Å². The predicted octanol–water partition coefficient (Wildman–Crippen LogP) is 1.38. The molecule has 2 atom stereocenters. The van der Waals surface area contributed by atoms with Crippen LogP contribution in [0.2, 0.25) is 0 Å². The molecule has 1 amide bonds. The minimum Gasteiger partial charge on any atom is -0.496 e. The molecule has 19 heavy (non-hydrogen) atoms. The fraction of sp³-hybridized carbons (Fsp3) is 0.533. The van der Waals surface area contributed by atoms with E-state index in [0.29, 0.717) is 23.1 Å². The van der Waals surface area contributed by atoms with Gasteiger partial charge >= 0.3 is 0 Å². The van der Waals surface area contributed by atoms with E-state index in [2.05, 4.69) is 5.32 Å². The summed E-state index contributed by atoms with van der Waals surface area (Å²) < 4.78 is 5.29. The van der Waals surface area contributed by atoms with Gasteiger partial charge in [0.1, 0.15) is 5.75 Å². The molecule has 2 fully saturated rings. The van der Waals surface area contributed by atoms with Crippen LogP contribution in [0.3, 0.4) is 0 Å². The van der Waals surface area contributed by atoms with Gasteiger partial charge in [-0.25, -0.2) is 0 Å². The van der Waals surface area contributed by atoms with Crippen LogP contribution in [-0.4, -0.2) is 44.1 Å². The first kappa shape index (κ1) is 12.5. The van der Waals surface area contributed by atoms with Gasteiger partial charge in [0.15, 0.2) is 0 Å². The molecule has 1 aromatic carbocycles. The van der Waals surface area contributed by atoms with Crippen LogP contribution < -0.4 is 10.1 Å². The average molecular weight is 260 g/mol. The highest BCUT2D eigenvalue weighted by Gasteiger charge is 2.33. The van der Waals surface area contributed by atoms with E-state index >= 15 is 0 Å². The Bertz CT molecular complexity index is 463. The molecule has 0 aliphatic carbocycles. The standard InChI is InChI=1S/C15H20N2O2/c1-19-14-5-3-2-4-13(14)15(18)17-9-11-6-12(10-17)8-16-7-11/h2-5,11-12,16H,6-10H2,1H3. The number of carbonyl (C=O) groups is 1. The summed E-state index contributed by atoms with van der Waals surface area (Å²) in [4.78, 5) is 14.6. The molecule has 0 saturated carbocycles. The number of nitrogens with one attached hydrogen (secondary N) is 1. The van der Waals surface area contributed by atoms with Gasteiger partial charge in [-0.3, -0.25) is 4.79 Å². The number of likely N-dealkylation sites (tertiary alicyclic amines) is 1. The molecule has 2 aliphatic rings. The van der Waals surface area contributed by atoms with Crippen LogP contribution in [-0.2, 0) is 0 Å². The van der Waals surface area contributed by atoms with E-state index in [0.717, 1.165) is 26.2 Å². The Hall–Kier alpha value is -1.55. The fourth-order valence-electron chi connectivity index (χ4n) is 3.26. The monoisotopic (exact) mass is 260 g/mol. The van der Waals surface area contributed by atoms with Crippen LogP contribution in [0.4, 0.5) is 0 Å². The molecule has 3 rings (SSSR count). The molecule has 2 unspecified atom stereocenters. The largest absolute Gasteiger partial charge is 0.496 e. The van der Waals surface area contributed by atoms with Crippen molar-refractivity contribution in [2.24, 2.45) is 11.8 Å². The van der Waals surface area contributed by atoms with Crippen molar-refractivity contribution in [2.45, 2.75) is 6.42 Å². The number of benzene rings is 1. The van der Waals surface area contributed by atoms with E-state index in [1.165, 1.54) is 6.42 Å². The van der Waals surface area contributed by atoms with Gasteiger partial charge in [0.25, 0.3) is 5.91 Å². The molecule has 102 valence electrons. The zero-order chi connectivity index (χ0) is 13.2. The third-order valence-corrected chi connectivity index (χ3v) is 4.11. The summed E-state index contributed by atoms with van der Waals surface area (Å²) in [7, 11) is 1.61. The number of amides is 1. The Morgan fingerprint density at radius 1 is 1.26 bits per heavy atom. The zero-order valence-electron chi connectivity index (χ0n) is 11.3. The van der Waals surface area contributed by atoms with Crippen LogP contribution in [0.1, 0.15) is 16.8 Å². The average Bonchev–Trinajstić information content (AvgIpc) is 2.46. The van der Waals surface area contributed by atoms with E-state index in [9.17, 15) is 4.79 Å². The number of carbonyl (C=O) groups excluding carboxylic acids is 1. The first-order valence-electron chi connectivity index (χ1n) is 6.91. The summed E-state index contributed by atoms with van der Waals surface area (Å²) in [6.07, 6.45) is 1.25. The second-order valence-electron chi connectivity index (χ2n) is 5.54. The molecule has 2 saturated heterocycles. The molecule has 1 N–H and O–H groups in total. The van der Waals surface area contributed by atoms with E-state index in [4.69, 9.17) is 4.74 Å². The van der Waals surface area contributed by atoms with Gasteiger partial charge in [0.2, 0.25) is 0 Å². The second-order valence-corrected chi connectivity index (χ2v) is 5.54. The lowest BCUT2D eigenvalue weighted by molar-refractivity contribution is 0.0534. The number of rotatable bonds is 2. The van der Waals surface area contributed by atoms with Gasteiger partial charge in [-0.15, -0.1) is 0 Å². The van der Waals surface area contributed by atoms with Crippen LogP contribution in [0, 0.1) is 11.8 Å². The van der Waals surface area contributed by atoms with E-state index in [1.54, 1.807) is 7.11 Å². The second kappa shape index (κ2) is 5.21. The van der Waals surface area contributed by atoms with Crippen molar-refractivity contribution >= 4 is 5.91 Å². The van der Waals surface area contributed by atoms with E-state index in [1.807, 2.05) is 29.2 Å². The number of hydrogen-bond donors (Lipinski definition) is 1. The summed E-state index contributed by atoms with van der Waals surface area (Å²) in [5, 5.41) is 3.45. The summed E-state index contributed by atoms with van der Waals surface area (Å²) in [5.74, 6) is 1.98. The third-order valence-electron chi connectivity index (χ3n) is 4.11. The summed E-state index contributed by atoms with van der Waals surface area (Å²) in [6, 6.07) is 7.48. The molecule has 4 heteroatoms. The molecule has 2 aliphatic heterocycles. The Labute approximate surface area is 113 Å². The lowest BCUT2D eigenvalue weighted by atomic mass is 9.85. The highest BCUT2D eigenvalue weighted by molar-refractivity contribution is 5.97. The summed E-state index contributed by atoms with van der Waals surface area (Å²) in [5.41, 5.74) is 0.679. The lowest BCUT2D eigenvalue weighted by Crippen LogP contribution is -2.52. The van der Waals surface area contributed by atoms with Crippen molar-refractivity contribution in [1.82, 2.24) is 10.2 Å². The van der Waals surface area contributed by atoms with Crippen molar-refractivity contribution < 1.29 is 9.53 Å². The number of methoxy groups -OCH3 is 1. The first-order valence-corrected chi connectivity index (χ1v) is 6.91. The van der Waals surface area contributed by atoms with Crippen LogP contribution in [0.5, 0.6) is 5.75 Å². The lowest BCUT2D eigenvalue weighted by Gasteiger charge is -2.41. The van der Waals surface area contributed by atoms with Crippen molar-refractivity contribution in [3.8, 4) is 5.75 Å². The number of piperidine rings is 2. The number of para-hydroxylation sites is 1. The number of nitrogens with zero attached hydrogens (tertiary/aromatic N) is 1. The highest BCUT2D eigenvalue weighted by atomic mass is 16.5. The molecule has 0 spiro atoms. The number of fused-ring (bicyclic) bond motifs is 2. The van der Waals surface area contributed by atoms with Crippen LogP contribution >= 0.6 is 0 Å². The molecule has 0 radical (unpaired) electrons. The van der Waals surface area contributed by atoms with Crippen LogP contribution in [0.25, 0.3) is 0 Å². The predicted molar refractivity (Wildman–Crippen MR) is 73.4 cm³/mol. The number of ether oxygens (including phenoxy) is 1.